The number of rotatable bonds is 4. The Balaban J connectivity index is 1.66. The Labute approximate surface area is 142 Å². The van der Waals surface area contributed by atoms with Crippen LogP contribution >= 0.6 is 0 Å². The summed E-state index contributed by atoms with van der Waals surface area (Å²) < 4.78 is 5.07. The van der Waals surface area contributed by atoms with Gasteiger partial charge in [0.15, 0.2) is 0 Å². The van der Waals surface area contributed by atoms with Crippen molar-refractivity contribution in [2.24, 2.45) is 5.92 Å². The molecule has 0 aliphatic heterocycles. The van der Waals surface area contributed by atoms with Gasteiger partial charge >= 0.3 is 12.1 Å². The zero-order valence-electron chi connectivity index (χ0n) is 13.3. The highest BCUT2D eigenvalue weighted by Crippen LogP contribution is 2.22. The van der Waals surface area contributed by atoms with Crippen molar-refractivity contribution in [1.82, 2.24) is 9.97 Å². The molecule has 0 saturated heterocycles. The third kappa shape index (κ3) is 4.03. The first-order valence-electron chi connectivity index (χ1n) is 7.85. The monoisotopic (exact) mass is 343 g/mol. The molecule has 8 heteroatoms. The number of hydrogen-bond acceptors (Lipinski definition) is 5. The van der Waals surface area contributed by atoms with Crippen LogP contribution in [0.4, 0.5) is 10.7 Å². The SMILES string of the molecule is O=C(Nc1nc2c(c(=O)[nH]1)CC(C(=O)O)CC2)OCc1ccccc1. The van der Waals surface area contributed by atoms with Crippen LogP contribution in [0.25, 0.3) is 0 Å². The summed E-state index contributed by atoms with van der Waals surface area (Å²) in [7, 11) is 0. The summed E-state index contributed by atoms with van der Waals surface area (Å²) in [5, 5.41) is 11.5. The molecule has 3 N–H and O–H groups in total. The Morgan fingerprint density at radius 3 is 2.80 bits per heavy atom. The van der Waals surface area contributed by atoms with Crippen molar-refractivity contribution < 1.29 is 19.4 Å². The van der Waals surface area contributed by atoms with Gasteiger partial charge in [-0.25, -0.2) is 9.78 Å². The highest BCUT2D eigenvalue weighted by molar-refractivity contribution is 5.82. The average molecular weight is 343 g/mol. The number of nitrogens with one attached hydrogen (secondary N) is 2. The molecule has 1 aromatic carbocycles. The Bertz CT molecular complexity index is 847. The van der Waals surface area contributed by atoms with E-state index in [0.29, 0.717) is 24.1 Å². The van der Waals surface area contributed by atoms with Crippen molar-refractivity contribution in [2.75, 3.05) is 5.32 Å². The van der Waals surface area contributed by atoms with Crippen LogP contribution in [0.5, 0.6) is 0 Å². The van der Waals surface area contributed by atoms with Crippen molar-refractivity contribution in [2.45, 2.75) is 25.9 Å². The van der Waals surface area contributed by atoms with Crippen molar-refractivity contribution >= 4 is 18.0 Å². The second-order valence-corrected chi connectivity index (χ2v) is 5.80. The maximum atomic E-state index is 12.1. The number of nitrogens with zero attached hydrogens (tertiary/aromatic N) is 1. The first-order chi connectivity index (χ1) is 12.0. The molecule has 1 aromatic heterocycles. The number of H-pyrrole nitrogens is 1. The van der Waals surface area contributed by atoms with Crippen LogP contribution in [-0.2, 0) is 29.0 Å². The van der Waals surface area contributed by atoms with E-state index in [4.69, 9.17) is 9.84 Å². The van der Waals surface area contributed by atoms with Gasteiger partial charge in [0.1, 0.15) is 6.61 Å². The smallest absolute Gasteiger partial charge is 0.414 e. The number of aromatic nitrogens is 2. The molecule has 0 bridgehead atoms. The lowest BCUT2D eigenvalue weighted by molar-refractivity contribution is -0.142. The third-order valence-corrected chi connectivity index (χ3v) is 4.06. The number of ether oxygens (including phenoxy) is 1. The molecular weight excluding hydrogens is 326 g/mol. The summed E-state index contributed by atoms with van der Waals surface area (Å²) >= 11 is 0. The minimum atomic E-state index is -0.920. The van der Waals surface area contributed by atoms with Crippen LogP contribution in [0.2, 0.25) is 0 Å². The van der Waals surface area contributed by atoms with Crippen LogP contribution in [0.15, 0.2) is 35.1 Å². The number of carbonyl (C=O) groups excluding carboxylic acids is 1. The van der Waals surface area contributed by atoms with Crippen LogP contribution in [0, 0.1) is 5.92 Å². The zero-order chi connectivity index (χ0) is 17.8. The number of anilines is 1. The lowest BCUT2D eigenvalue weighted by atomic mass is 9.87. The molecule has 1 heterocycles. The number of aromatic amines is 1. The molecule has 2 aromatic rings. The Morgan fingerprint density at radius 1 is 1.32 bits per heavy atom. The molecule has 1 amide bonds. The molecule has 0 saturated carbocycles. The van der Waals surface area contributed by atoms with E-state index < -0.39 is 23.5 Å². The lowest BCUT2D eigenvalue weighted by Crippen LogP contribution is -2.30. The Morgan fingerprint density at radius 2 is 2.08 bits per heavy atom. The maximum Gasteiger partial charge on any atom is 0.414 e. The molecule has 130 valence electrons. The van der Waals surface area contributed by atoms with Gasteiger partial charge in [0.05, 0.1) is 11.6 Å². The van der Waals surface area contributed by atoms with Gasteiger partial charge in [0, 0.05) is 5.56 Å². The number of carbonyl (C=O) groups is 2. The second-order valence-electron chi connectivity index (χ2n) is 5.80. The Hall–Kier alpha value is -3.16. The molecule has 0 radical (unpaired) electrons. The molecule has 1 aliphatic carbocycles. The topological polar surface area (TPSA) is 121 Å². The van der Waals surface area contributed by atoms with E-state index in [9.17, 15) is 14.4 Å². The van der Waals surface area contributed by atoms with Crippen LogP contribution in [0.1, 0.15) is 23.2 Å². The van der Waals surface area contributed by atoms with Gasteiger partial charge in [-0.1, -0.05) is 30.3 Å². The number of amides is 1. The van der Waals surface area contributed by atoms with Crippen molar-refractivity contribution in [1.29, 1.82) is 0 Å². The molecule has 1 aliphatic rings. The van der Waals surface area contributed by atoms with Crippen LogP contribution < -0.4 is 10.9 Å². The summed E-state index contributed by atoms with van der Waals surface area (Å²) in [5.74, 6) is -1.50. The summed E-state index contributed by atoms with van der Waals surface area (Å²) in [5.41, 5.74) is 1.28. The molecule has 0 spiro atoms. The number of carboxylic acid groups (broad SMARTS) is 1. The van der Waals surface area contributed by atoms with Crippen molar-refractivity contribution in [3.05, 3.63) is 57.5 Å². The van der Waals surface area contributed by atoms with E-state index in [-0.39, 0.29) is 19.0 Å². The van der Waals surface area contributed by atoms with E-state index in [1.54, 1.807) is 0 Å². The summed E-state index contributed by atoms with van der Waals surface area (Å²) in [6, 6.07) is 9.18. The van der Waals surface area contributed by atoms with E-state index in [1.807, 2.05) is 30.3 Å². The van der Waals surface area contributed by atoms with E-state index in [2.05, 4.69) is 15.3 Å². The van der Waals surface area contributed by atoms with Gasteiger partial charge in [-0.05, 0) is 24.8 Å². The third-order valence-electron chi connectivity index (χ3n) is 4.06. The molecule has 1 unspecified atom stereocenters. The van der Waals surface area contributed by atoms with Crippen molar-refractivity contribution in [3.8, 4) is 0 Å². The quantitative estimate of drug-likeness (QED) is 0.777. The normalized spacial score (nSPS) is 15.9. The fraction of sp³-hybridized carbons (Fsp3) is 0.294. The minimum Gasteiger partial charge on any atom is -0.481 e. The lowest BCUT2D eigenvalue weighted by Gasteiger charge is -2.20. The molecule has 25 heavy (non-hydrogen) atoms. The second kappa shape index (κ2) is 7.16. The number of benzene rings is 1. The first kappa shape index (κ1) is 16.7. The standard InChI is InChI=1S/C17H17N3O5/c21-14-12-8-11(15(22)23)6-7-13(12)18-16(19-14)20-17(24)25-9-10-4-2-1-3-5-10/h1-5,11H,6-9H2,(H,22,23)(H2,18,19,20,21,24). The fourth-order valence-corrected chi connectivity index (χ4v) is 2.75. The maximum absolute atomic E-state index is 12.1. The minimum absolute atomic E-state index is 0.00409. The van der Waals surface area contributed by atoms with E-state index in [0.717, 1.165) is 5.56 Å². The summed E-state index contributed by atoms with van der Waals surface area (Å²) in [6.45, 7) is 0.0993. The number of aliphatic carboxylic acids is 1. The average Bonchev–Trinajstić information content (AvgIpc) is 2.60. The number of carboxylic acids is 1. The zero-order valence-corrected chi connectivity index (χ0v) is 13.3. The van der Waals surface area contributed by atoms with Crippen molar-refractivity contribution in [3.63, 3.8) is 0 Å². The highest BCUT2D eigenvalue weighted by Gasteiger charge is 2.27. The van der Waals surface area contributed by atoms with Gasteiger partial charge in [-0.15, -0.1) is 0 Å². The van der Waals surface area contributed by atoms with Gasteiger partial charge in [-0.2, -0.15) is 0 Å². The van der Waals surface area contributed by atoms with E-state index >= 15 is 0 Å². The number of aryl methyl sites for hydroxylation is 1. The molecule has 0 fully saturated rings. The summed E-state index contributed by atoms with van der Waals surface area (Å²) in [4.78, 5) is 41.7. The fourth-order valence-electron chi connectivity index (χ4n) is 2.75. The van der Waals surface area contributed by atoms with Crippen LogP contribution in [-0.4, -0.2) is 27.1 Å². The summed E-state index contributed by atoms with van der Waals surface area (Å²) in [6.07, 6.45) is 0.206. The highest BCUT2D eigenvalue weighted by atomic mass is 16.5. The predicted molar refractivity (Wildman–Crippen MR) is 88.3 cm³/mol. The first-order valence-corrected chi connectivity index (χ1v) is 7.85. The van der Waals surface area contributed by atoms with Gasteiger partial charge in [0.2, 0.25) is 5.95 Å². The van der Waals surface area contributed by atoms with Gasteiger partial charge in [-0.3, -0.25) is 19.9 Å². The molecule has 8 nitrogen and oxygen atoms in total. The van der Waals surface area contributed by atoms with Gasteiger partial charge in [0.25, 0.3) is 5.56 Å². The number of fused-ring (bicyclic) bond motifs is 1. The molecule has 1 atom stereocenters. The Kier molecular flexibility index (Phi) is 4.78. The molecule has 3 rings (SSSR count). The molecular formula is C17H17N3O5. The number of hydrogen-bond donors (Lipinski definition) is 3. The van der Waals surface area contributed by atoms with Crippen LogP contribution in [0.3, 0.4) is 0 Å². The van der Waals surface area contributed by atoms with Gasteiger partial charge < -0.3 is 9.84 Å². The largest absolute Gasteiger partial charge is 0.481 e. The predicted octanol–water partition coefficient (Wildman–Crippen LogP) is 1.71. The van der Waals surface area contributed by atoms with E-state index in [1.165, 1.54) is 0 Å².